The topological polar surface area (TPSA) is 74.8 Å². The quantitative estimate of drug-likeness (QED) is 0.789. The van der Waals surface area contributed by atoms with Crippen LogP contribution in [0, 0.1) is 6.92 Å². The number of aryl methyl sites for hydroxylation is 1. The highest BCUT2D eigenvalue weighted by Crippen LogP contribution is 2.32. The summed E-state index contributed by atoms with van der Waals surface area (Å²) in [5.41, 5.74) is 3.27. The smallest absolute Gasteiger partial charge is 0.255 e. The number of hydrogen-bond acceptors (Lipinski definition) is 4. The van der Waals surface area contributed by atoms with Crippen LogP contribution in [-0.2, 0) is 0 Å². The number of likely N-dealkylation sites (tertiary alicyclic amines) is 1. The van der Waals surface area contributed by atoms with Crippen LogP contribution in [-0.4, -0.2) is 37.5 Å². The van der Waals surface area contributed by atoms with Crippen molar-refractivity contribution >= 4 is 16.9 Å². The molecule has 4 rings (SSSR count). The first-order valence-corrected chi connectivity index (χ1v) is 7.75. The minimum Gasteiger partial charge on any atom is -0.331 e. The van der Waals surface area contributed by atoms with Gasteiger partial charge in [-0.1, -0.05) is 6.07 Å². The lowest BCUT2D eigenvalue weighted by Gasteiger charge is -2.24. The van der Waals surface area contributed by atoms with Gasteiger partial charge in [0.1, 0.15) is 0 Å². The van der Waals surface area contributed by atoms with Gasteiger partial charge in [-0.2, -0.15) is 5.10 Å². The molecule has 1 amide bonds. The van der Waals surface area contributed by atoms with Crippen LogP contribution in [0.4, 0.5) is 0 Å². The molecular formula is C17H17N5O. The molecule has 1 aliphatic heterocycles. The molecule has 6 heteroatoms. The van der Waals surface area contributed by atoms with E-state index in [-0.39, 0.29) is 11.9 Å². The van der Waals surface area contributed by atoms with Gasteiger partial charge in [-0.25, -0.2) is 4.98 Å². The van der Waals surface area contributed by atoms with Gasteiger partial charge in [0.05, 0.1) is 11.6 Å². The minimum atomic E-state index is 0.0198. The van der Waals surface area contributed by atoms with Gasteiger partial charge in [0.15, 0.2) is 5.65 Å². The average molecular weight is 307 g/mol. The fourth-order valence-electron chi connectivity index (χ4n) is 3.23. The Morgan fingerprint density at radius 3 is 3.13 bits per heavy atom. The Labute approximate surface area is 133 Å². The molecule has 116 valence electrons. The summed E-state index contributed by atoms with van der Waals surface area (Å²) < 4.78 is 0. The number of aromatic amines is 1. The van der Waals surface area contributed by atoms with Crippen molar-refractivity contribution in [2.75, 3.05) is 6.54 Å². The van der Waals surface area contributed by atoms with Gasteiger partial charge in [0.25, 0.3) is 5.91 Å². The highest BCUT2D eigenvalue weighted by Gasteiger charge is 2.31. The lowest BCUT2D eigenvalue weighted by molar-refractivity contribution is 0.0735. The third-order valence-electron chi connectivity index (χ3n) is 4.43. The van der Waals surface area contributed by atoms with Crippen molar-refractivity contribution in [3.05, 3.63) is 53.6 Å². The third-order valence-corrected chi connectivity index (χ3v) is 4.43. The van der Waals surface area contributed by atoms with Gasteiger partial charge >= 0.3 is 0 Å². The van der Waals surface area contributed by atoms with Crippen molar-refractivity contribution < 1.29 is 4.79 Å². The number of carbonyl (C=O) groups is 1. The Morgan fingerprint density at radius 1 is 1.39 bits per heavy atom. The summed E-state index contributed by atoms with van der Waals surface area (Å²) in [7, 11) is 0. The number of hydrogen-bond donors (Lipinski definition) is 1. The normalized spacial score (nSPS) is 17.8. The molecular weight excluding hydrogens is 290 g/mol. The zero-order valence-electron chi connectivity index (χ0n) is 12.9. The molecule has 0 bridgehead atoms. The molecule has 1 atom stereocenters. The van der Waals surface area contributed by atoms with Crippen LogP contribution < -0.4 is 0 Å². The first kappa shape index (κ1) is 13.9. The Balaban J connectivity index is 1.68. The van der Waals surface area contributed by atoms with E-state index < -0.39 is 0 Å². The molecule has 0 radical (unpaired) electrons. The van der Waals surface area contributed by atoms with Gasteiger partial charge in [-0.3, -0.25) is 14.9 Å². The second-order valence-electron chi connectivity index (χ2n) is 5.89. The van der Waals surface area contributed by atoms with Gasteiger partial charge in [0.2, 0.25) is 0 Å². The maximum atomic E-state index is 12.9. The van der Waals surface area contributed by atoms with Crippen molar-refractivity contribution in [3.8, 4) is 0 Å². The summed E-state index contributed by atoms with van der Waals surface area (Å²) in [4.78, 5) is 23.3. The summed E-state index contributed by atoms with van der Waals surface area (Å²) in [5.74, 6) is 0.0198. The lowest BCUT2D eigenvalue weighted by Crippen LogP contribution is -2.30. The largest absolute Gasteiger partial charge is 0.331 e. The average Bonchev–Trinajstić information content (AvgIpc) is 3.22. The monoisotopic (exact) mass is 307 g/mol. The molecule has 0 spiro atoms. The van der Waals surface area contributed by atoms with Crippen LogP contribution in [0.5, 0.6) is 0 Å². The van der Waals surface area contributed by atoms with Crippen LogP contribution in [0.1, 0.15) is 40.5 Å². The zero-order valence-corrected chi connectivity index (χ0v) is 12.9. The minimum absolute atomic E-state index is 0.0198. The maximum absolute atomic E-state index is 12.9. The van der Waals surface area contributed by atoms with Crippen molar-refractivity contribution in [2.45, 2.75) is 25.8 Å². The van der Waals surface area contributed by atoms with E-state index in [0.717, 1.165) is 36.0 Å². The van der Waals surface area contributed by atoms with E-state index in [1.807, 2.05) is 36.2 Å². The number of H-pyrrole nitrogens is 1. The molecule has 1 unspecified atom stereocenters. The molecule has 1 saturated heterocycles. The number of pyridine rings is 2. The van der Waals surface area contributed by atoms with Gasteiger partial charge in [-0.05, 0) is 37.5 Å². The van der Waals surface area contributed by atoms with Crippen LogP contribution in [0.3, 0.4) is 0 Å². The van der Waals surface area contributed by atoms with E-state index in [1.54, 1.807) is 12.4 Å². The van der Waals surface area contributed by atoms with Crippen molar-refractivity contribution in [1.29, 1.82) is 0 Å². The Bertz CT molecular complexity index is 858. The fourth-order valence-corrected chi connectivity index (χ4v) is 3.23. The summed E-state index contributed by atoms with van der Waals surface area (Å²) in [6, 6.07) is 5.92. The van der Waals surface area contributed by atoms with Gasteiger partial charge in [0, 0.05) is 36.2 Å². The van der Waals surface area contributed by atoms with E-state index >= 15 is 0 Å². The number of nitrogens with one attached hydrogen (secondary N) is 1. The Morgan fingerprint density at radius 2 is 2.30 bits per heavy atom. The molecule has 1 aliphatic rings. The molecule has 1 N–H and O–H groups in total. The third kappa shape index (κ3) is 2.36. The predicted octanol–water partition coefficient (Wildman–Crippen LogP) is 2.64. The number of rotatable bonds is 2. The van der Waals surface area contributed by atoms with Crippen LogP contribution in [0.25, 0.3) is 11.0 Å². The first-order chi connectivity index (χ1) is 11.2. The summed E-state index contributed by atoms with van der Waals surface area (Å²) in [6.07, 6.45) is 7.19. The molecule has 0 saturated carbocycles. The summed E-state index contributed by atoms with van der Waals surface area (Å²) in [6.45, 7) is 2.69. The van der Waals surface area contributed by atoms with E-state index in [4.69, 9.17) is 0 Å². The number of nitrogens with zero attached hydrogens (tertiary/aromatic N) is 4. The standard InChI is InChI=1S/C17H17N5O/c1-11-14-8-13(10-19-16(14)21-20-11)17(23)22-7-3-5-15(22)12-4-2-6-18-9-12/h2,4,6,8-10,15H,3,5,7H2,1H3,(H,19,20,21). The second-order valence-corrected chi connectivity index (χ2v) is 5.89. The molecule has 0 aromatic carbocycles. The van der Waals surface area contributed by atoms with Crippen LogP contribution in [0.2, 0.25) is 0 Å². The maximum Gasteiger partial charge on any atom is 0.255 e. The highest BCUT2D eigenvalue weighted by molar-refractivity contribution is 5.97. The van der Waals surface area contributed by atoms with E-state index in [0.29, 0.717) is 11.2 Å². The van der Waals surface area contributed by atoms with Crippen LogP contribution in [0.15, 0.2) is 36.8 Å². The number of aromatic nitrogens is 4. The van der Waals surface area contributed by atoms with Gasteiger partial charge < -0.3 is 4.90 Å². The van der Waals surface area contributed by atoms with Gasteiger partial charge in [-0.15, -0.1) is 0 Å². The lowest BCUT2D eigenvalue weighted by atomic mass is 10.1. The molecule has 23 heavy (non-hydrogen) atoms. The molecule has 3 aromatic heterocycles. The first-order valence-electron chi connectivity index (χ1n) is 7.75. The molecule has 3 aromatic rings. The van der Waals surface area contributed by atoms with E-state index in [9.17, 15) is 4.79 Å². The second kappa shape index (κ2) is 5.46. The number of amides is 1. The Hall–Kier alpha value is -2.76. The summed E-state index contributed by atoms with van der Waals surface area (Å²) in [5, 5.41) is 7.91. The molecule has 0 aliphatic carbocycles. The summed E-state index contributed by atoms with van der Waals surface area (Å²) >= 11 is 0. The van der Waals surface area contributed by atoms with Crippen molar-refractivity contribution in [3.63, 3.8) is 0 Å². The molecule has 4 heterocycles. The van der Waals surface area contributed by atoms with E-state index in [1.165, 1.54) is 0 Å². The number of carbonyl (C=O) groups excluding carboxylic acids is 1. The SMILES string of the molecule is Cc1[nH]nc2ncc(C(=O)N3CCCC3c3cccnc3)cc12. The zero-order chi connectivity index (χ0) is 15.8. The fraction of sp³-hybridized carbons (Fsp3) is 0.294. The predicted molar refractivity (Wildman–Crippen MR) is 85.9 cm³/mol. The number of fused-ring (bicyclic) bond motifs is 1. The van der Waals surface area contributed by atoms with Crippen molar-refractivity contribution in [1.82, 2.24) is 25.1 Å². The highest BCUT2D eigenvalue weighted by atomic mass is 16.2. The molecule has 1 fully saturated rings. The van der Waals surface area contributed by atoms with Crippen molar-refractivity contribution in [2.24, 2.45) is 0 Å². The Kier molecular flexibility index (Phi) is 3.29. The van der Waals surface area contributed by atoms with E-state index in [2.05, 4.69) is 20.2 Å². The van der Waals surface area contributed by atoms with Crippen LogP contribution >= 0.6 is 0 Å². The molecule has 6 nitrogen and oxygen atoms in total.